The Morgan fingerprint density at radius 2 is 2.70 bits per heavy atom. The molecule has 0 aromatic carbocycles. The molecule has 0 aromatic rings. The van der Waals surface area contributed by atoms with Crippen molar-refractivity contribution in [3.8, 4) is 0 Å². The first-order chi connectivity index (χ1) is 4.79. The summed E-state index contributed by atoms with van der Waals surface area (Å²) in [6.07, 6.45) is 2.70. The van der Waals surface area contributed by atoms with Crippen molar-refractivity contribution in [2.24, 2.45) is 10.8 Å². The van der Waals surface area contributed by atoms with Gasteiger partial charge in [0, 0.05) is 12.6 Å². The van der Waals surface area contributed by atoms with Gasteiger partial charge < -0.3 is 5.73 Å². The molecule has 56 valence electrons. The summed E-state index contributed by atoms with van der Waals surface area (Å²) in [5.74, 6) is 0. The fourth-order valence-corrected chi connectivity index (χ4v) is 0.662. The van der Waals surface area contributed by atoms with Gasteiger partial charge in [-0.1, -0.05) is 0 Å². The van der Waals surface area contributed by atoms with Crippen LogP contribution in [0.25, 0.3) is 0 Å². The molecular weight excluding hydrogens is 150 g/mol. The second-order valence-electron chi connectivity index (χ2n) is 1.86. The lowest BCUT2D eigenvalue weighted by Crippen LogP contribution is -2.50. The smallest absolute Gasteiger partial charge is 0.178 e. The van der Waals surface area contributed by atoms with Crippen LogP contribution in [0.3, 0.4) is 0 Å². The van der Waals surface area contributed by atoms with E-state index in [0.717, 1.165) is 6.42 Å². The minimum Gasteiger partial charge on any atom is -0.375 e. The van der Waals surface area contributed by atoms with Crippen LogP contribution in [-0.4, -0.2) is 17.5 Å². The Morgan fingerprint density at radius 1 is 1.90 bits per heavy atom. The predicted octanol–water partition coefficient (Wildman–Crippen LogP) is -1.37. The normalized spacial score (nSPS) is 22.2. The molecule has 0 fully saturated rings. The number of nitrogens with zero attached hydrogens (tertiary/aromatic N) is 1. The van der Waals surface area contributed by atoms with Gasteiger partial charge in [-0.3, -0.25) is 10.9 Å². The molecule has 0 saturated heterocycles. The van der Waals surface area contributed by atoms with Crippen molar-refractivity contribution in [3.63, 3.8) is 0 Å². The van der Waals surface area contributed by atoms with E-state index in [1.54, 1.807) is 6.21 Å². The number of hydrazine groups is 1. The largest absolute Gasteiger partial charge is 0.375 e. The lowest BCUT2D eigenvalue weighted by atomic mass is 10.4. The standard InChI is InChI=1S/C4H9N5S/c5-4(10)9-8-3-1-2-6-7-3/h2-3,7-8H,1H2,(H3,5,9,10). The zero-order chi connectivity index (χ0) is 7.40. The van der Waals surface area contributed by atoms with Crippen LogP contribution in [0.5, 0.6) is 0 Å². The Balaban J connectivity index is 2.09. The molecule has 0 amide bonds. The van der Waals surface area contributed by atoms with Gasteiger partial charge in [0.2, 0.25) is 0 Å². The van der Waals surface area contributed by atoms with Crippen molar-refractivity contribution >= 4 is 23.5 Å². The summed E-state index contributed by atoms with van der Waals surface area (Å²) >= 11 is 4.57. The number of hydrogen-bond acceptors (Lipinski definition) is 4. The molecule has 6 heteroatoms. The zero-order valence-corrected chi connectivity index (χ0v) is 6.11. The molecule has 1 unspecified atom stereocenters. The molecule has 1 atom stereocenters. The van der Waals surface area contributed by atoms with Gasteiger partial charge >= 0.3 is 0 Å². The Bertz CT molecular complexity index is 148. The Hall–Kier alpha value is -0.880. The highest BCUT2D eigenvalue weighted by atomic mass is 32.1. The molecule has 1 aliphatic heterocycles. The summed E-state index contributed by atoms with van der Waals surface area (Å²) in [5, 5.41) is 4.01. The molecule has 1 aliphatic rings. The molecule has 1 rings (SSSR count). The number of thiocarbonyl (C=S) groups is 1. The van der Waals surface area contributed by atoms with Crippen molar-refractivity contribution in [3.05, 3.63) is 0 Å². The Kier molecular flexibility index (Phi) is 2.41. The first kappa shape index (κ1) is 7.23. The maximum atomic E-state index is 5.16. The molecule has 0 radical (unpaired) electrons. The average Bonchev–Trinajstić information content (AvgIpc) is 2.34. The van der Waals surface area contributed by atoms with Crippen LogP contribution in [0.2, 0.25) is 0 Å². The van der Waals surface area contributed by atoms with E-state index in [-0.39, 0.29) is 11.3 Å². The van der Waals surface area contributed by atoms with Crippen LogP contribution in [-0.2, 0) is 0 Å². The first-order valence-electron chi connectivity index (χ1n) is 2.87. The molecule has 0 aromatic heterocycles. The van der Waals surface area contributed by atoms with E-state index in [1.165, 1.54) is 0 Å². The van der Waals surface area contributed by atoms with Crippen molar-refractivity contribution in [1.82, 2.24) is 16.3 Å². The highest BCUT2D eigenvalue weighted by Gasteiger charge is 2.07. The minimum absolute atomic E-state index is 0.0986. The quantitative estimate of drug-likeness (QED) is 0.295. The van der Waals surface area contributed by atoms with Gasteiger partial charge in [-0.05, 0) is 12.2 Å². The molecule has 1 heterocycles. The van der Waals surface area contributed by atoms with Crippen LogP contribution >= 0.6 is 12.2 Å². The first-order valence-corrected chi connectivity index (χ1v) is 3.28. The van der Waals surface area contributed by atoms with Gasteiger partial charge in [-0.25, -0.2) is 5.43 Å². The van der Waals surface area contributed by atoms with Gasteiger partial charge in [0.1, 0.15) is 6.17 Å². The third-order valence-corrected chi connectivity index (χ3v) is 1.13. The zero-order valence-electron chi connectivity index (χ0n) is 5.29. The van der Waals surface area contributed by atoms with E-state index in [0.29, 0.717) is 0 Å². The van der Waals surface area contributed by atoms with Gasteiger partial charge in [0.05, 0.1) is 0 Å². The maximum absolute atomic E-state index is 5.16. The molecule has 0 spiro atoms. The highest BCUT2D eigenvalue weighted by molar-refractivity contribution is 7.80. The Labute approximate surface area is 64.0 Å². The van der Waals surface area contributed by atoms with Gasteiger partial charge in [0.15, 0.2) is 5.11 Å². The van der Waals surface area contributed by atoms with E-state index in [4.69, 9.17) is 5.73 Å². The predicted molar refractivity (Wildman–Crippen MR) is 43.1 cm³/mol. The monoisotopic (exact) mass is 159 g/mol. The second kappa shape index (κ2) is 3.33. The van der Waals surface area contributed by atoms with Gasteiger partial charge in [0.25, 0.3) is 0 Å². The third-order valence-electron chi connectivity index (χ3n) is 1.03. The lowest BCUT2D eigenvalue weighted by Gasteiger charge is -2.12. The summed E-state index contributed by atoms with van der Waals surface area (Å²) in [6, 6.07) is 0. The second-order valence-corrected chi connectivity index (χ2v) is 2.30. The van der Waals surface area contributed by atoms with Crippen LogP contribution in [0.15, 0.2) is 5.10 Å². The number of hydrazone groups is 1. The summed E-state index contributed by atoms with van der Waals surface area (Å²) in [4.78, 5) is 0. The molecule has 5 N–H and O–H groups in total. The molecule has 10 heavy (non-hydrogen) atoms. The minimum atomic E-state index is 0.0986. The summed E-state index contributed by atoms with van der Waals surface area (Å²) in [6.45, 7) is 0. The van der Waals surface area contributed by atoms with Gasteiger partial charge in [-0.2, -0.15) is 5.10 Å². The van der Waals surface area contributed by atoms with E-state index >= 15 is 0 Å². The SMILES string of the molecule is NC(=S)NNC1CC=NN1. The molecule has 5 nitrogen and oxygen atoms in total. The van der Waals surface area contributed by atoms with Crippen LogP contribution in [0.1, 0.15) is 6.42 Å². The summed E-state index contributed by atoms with van der Waals surface area (Å²) < 4.78 is 0. The topological polar surface area (TPSA) is 74.5 Å². The molecule has 0 aliphatic carbocycles. The van der Waals surface area contributed by atoms with E-state index < -0.39 is 0 Å². The summed E-state index contributed by atoms with van der Waals surface area (Å²) in [7, 11) is 0. The lowest BCUT2D eigenvalue weighted by molar-refractivity contribution is 0.452. The fourth-order valence-electron chi connectivity index (χ4n) is 0.603. The average molecular weight is 159 g/mol. The van der Waals surface area contributed by atoms with Crippen molar-refractivity contribution < 1.29 is 0 Å². The molecular formula is C4H9N5S. The van der Waals surface area contributed by atoms with Gasteiger partial charge in [-0.15, -0.1) is 0 Å². The van der Waals surface area contributed by atoms with Crippen LogP contribution < -0.4 is 22.0 Å². The maximum Gasteiger partial charge on any atom is 0.178 e. The Morgan fingerprint density at radius 3 is 3.20 bits per heavy atom. The van der Waals surface area contributed by atoms with Crippen molar-refractivity contribution in [1.29, 1.82) is 0 Å². The van der Waals surface area contributed by atoms with Crippen molar-refractivity contribution in [2.75, 3.05) is 0 Å². The van der Waals surface area contributed by atoms with E-state index in [1.807, 2.05) is 0 Å². The number of nitrogens with one attached hydrogen (secondary N) is 3. The van der Waals surface area contributed by atoms with Crippen LogP contribution in [0.4, 0.5) is 0 Å². The number of nitrogens with two attached hydrogens (primary N) is 1. The summed E-state index contributed by atoms with van der Waals surface area (Å²) in [5.41, 5.74) is 13.4. The third kappa shape index (κ3) is 2.16. The number of rotatable bonds is 2. The van der Waals surface area contributed by atoms with Crippen LogP contribution in [0, 0.1) is 0 Å². The highest BCUT2D eigenvalue weighted by Crippen LogP contribution is 1.88. The van der Waals surface area contributed by atoms with E-state index in [2.05, 4.69) is 33.6 Å². The number of hydrogen-bond donors (Lipinski definition) is 4. The fraction of sp³-hybridized carbons (Fsp3) is 0.500. The van der Waals surface area contributed by atoms with E-state index in [9.17, 15) is 0 Å². The molecule has 0 saturated carbocycles. The van der Waals surface area contributed by atoms with Crippen molar-refractivity contribution in [2.45, 2.75) is 12.6 Å². The molecule has 0 bridgehead atoms.